The number of imidazole rings is 1. The summed E-state index contributed by atoms with van der Waals surface area (Å²) in [6.45, 7) is 0. The van der Waals surface area contributed by atoms with Crippen molar-refractivity contribution in [1.29, 1.82) is 0 Å². The Labute approximate surface area is 107 Å². The van der Waals surface area contributed by atoms with Crippen molar-refractivity contribution in [1.82, 2.24) is 9.55 Å². The molecule has 3 nitrogen and oxygen atoms in total. The molecule has 0 aliphatic rings. The summed E-state index contributed by atoms with van der Waals surface area (Å²) in [5.41, 5.74) is 0.0947. The molecule has 0 radical (unpaired) electrons. The van der Waals surface area contributed by atoms with Gasteiger partial charge in [-0.25, -0.2) is 9.37 Å². The predicted octanol–water partition coefficient (Wildman–Crippen LogP) is 3.54. The van der Waals surface area contributed by atoms with E-state index in [4.69, 9.17) is 23.2 Å². The van der Waals surface area contributed by atoms with E-state index >= 15 is 0 Å². The summed E-state index contributed by atoms with van der Waals surface area (Å²) in [5, 5.41) is 0.523. The highest BCUT2D eigenvalue weighted by atomic mass is 35.5. The van der Waals surface area contributed by atoms with Gasteiger partial charge in [0.15, 0.2) is 0 Å². The van der Waals surface area contributed by atoms with Crippen LogP contribution in [0.15, 0.2) is 36.9 Å². The molecule has 0 spiro atoms. The van der Waals surface area contributed by atoms with Crippen molar-refractivity contribution < 1.29 is 9.18 Å². The van der Waals surface area contributed by atoms with Crippen molar-refractivity contribution in [2.24, 2.45) is 0 Å². The Kier molecular flexibility index (Phi) is 3.45. The Morgan fingerprint density at radius 1 is 1.41 bits per heavy atom. The van der Waals surface area contributed by atoms with Crippen LogP contribution in [-0.2, 0) is 0 Å². The SMILES string of the molecule is O=C(c1ccc(Cl)cc1Cl)C(F)n1ccnc1. The van der Waals surface area contributed by atoms with Gasteiger partial charge >= 0.3 is 0 Å². The van der Waals surface area contributed by atoms with Crippen LogP contribution in [0.5, 0.6) is 0 Å². The van der Waals surface area contributed by atoms with Crippen LogP contribution in [0.3, 0.4) is 0 Å². The Bertz CT molecular complexity index is 542. The first-order valence-electron chi connectivity index (χ1n) is 4.70. The number of alkyl halides is 1. The van der Waals surface area contributed by atoms with Crippen molar-refractivity contribution in [2.75, 3.05) is 0 Å². The highest BCUT2D eigenvalue weighted by Crippen LogP contribution is 2.25. The number of hydrogen-bond acceptors (Lipinski definition) is 2. The molecule has 1 unspecified atom stereocenters. The predicted molar refractivity (Wildman–Crippen MR) is 63.2 cm³/mol. The quantitative estimate of drug-likeness (QED) is 0.801. The Morgan fingerprint density at radius 3 is 2.76 bits per heavy atom. The molecule has 0 amide bonds. The van der Waals surface area contributed by atoms with Gasteiger partial charge in [0.2, 0.25) is 12.1 Å². The van der Waals surface area contributed by atoms with Gasteiger partial charge in [0.1, 0.15) is 0 Å². The second-order valence-electron chi connectivity index (χ2n) is 3.33. The van der Waals surface area contributed by atoms with Crippen LogP contribution in [0, 0.1) is 0 Å². The number of Topliss-reactive ketones (excluding diaryl/α,β-unsaturated/α-hetero) is 1. The van der Waals surface area contributed by atoms with Crippen molar-refractivity contribution in [3.05, 3.63) is 52.5 Å². The summed E-state index contributed by atoms with van der Waals surface area (Å²) in [6.07, 6.45) is 2.15. The lowest BCUT2D eigenvalue weighted by Gasteiger charge is -2.09. The summed E-state index contributed by atoms with van der Waals surface area (Å²) in [5.74, 6) is -0.732. The first-order chi connectivity index (χ1) is 8.09. The molecule has 1 aromatic heterocycles. The van der Waals surface area contributed by atoms with E-state index in [2.05, 4.69) is 4.98 Å². The fourth-order valence-electron chi connectivity index (χ4n) is 1.36. The van der Waals surface area contributed by atoms with Gasteiger partial charge in [0.25, 0.3) is 0 Å². The molecule has 2 aromatic rings. The minimum atomic E-state index is -1.84. The molecule has 6 heteroatoms. The number of carbonyl (C=O) groups excluding carboxylic acids is 1. The minimum absolute atomic E-state index is 0.0947. The van der Waals surface area contributed by atoms with Crippen LogP contribution >= 0.6 is 23.2 Å². The zero-order chi connectivity index (χ0) is 12.4. The van der Waals surface area contributed by atoms with Crippen LogP contribution in [0.2, 0.25) is 10.0 Å². The van der Waals surface area contributed by atoms with Crippen molar-refractivity contribution >= 4 is 29.0 Å². The molecule has 1 aromatic carbocycles. The van der Waals surface area contributed by atoms with Crippen LogP contribution in [0.25, 0.3) is 0 Å². The normalized spacial score (nSPS) is 12.4. The highest BCUT2D eigenvalue weighted by Gasteiger charge is 2.22. The van der Waals surface area contributed by atoms with Gasteiger partial charge in [-0.3, -0.25) is 4.79 Å². The second-order valence-corrected chi connectivity index (χ2v) is 4.18. The molecule has 0 bridgehead atoms. The average molecular weight is 273 g/mol. The zero-order valence-electron chi connectivity index (χ0n) is 8.48. The Balaban J connectivity index is 2.31. The Morgan fingerprint density at radius 2 is 2.18 bits per heavy atom. The summed E-state index contributed by atoms with van der Waals surface area (Å²) < 4.78 is 14.9. The number of aromatic nitrogens is 2. The molecule has 1 atom stereocenters. The first-order valence-corrected chi connectivity index (χ1v) is 5.46. The molecular formula is C11H7Cl2FN2O. The van der Waals surface area contributed by atoms with Crippen LogP contribution in [0.1, 0.15) is 16.7 Å². The largest absolute Gasteiger partial charge is 0.300 e. The highest BCUT2D eigenvalue weighted by molar-refractivity contribution is 6.36. The molecular weight excluding hydrogens is 266 g/mol. The first kappa shape index (κ1) is 12.1. The smallest absolute Gasteiger partial charge is 0.240 e. The molecule has 0 aliphatic heterocycles. The molecule has 1 heterocycles. The third-order valence-corrected chi connectivity index (χ3v) is 2.75. The van der Waals surface area contributed by atoms with E-state index in [0.29, 0.717) is 5.02 Å². The van der Waals surface area contributed by atoms with E-state index < -0.39 is 12.1 Å². The summed E-state index contributed by atoms with van der Waals surface area (Å²) >= 11 is 11.5. The molecule has 0 aliphatic carbocycles. The van der Waals surface area contributed by atoms with E-state index in [-0.39, 0.29) is 10.6 Å². The molecule has 2 rings (SSSR count). The van der Waals surface area contributed by atoms with Gasteiger partial charge in [-0.1, -0.05) is 23.2 Å². The van der Waals surface area contributed by atoms with Gasteiger partial charge in [-0.2, -0.15) is 0 Å². The van der Waals surface area contributed by atoms with Gasteiger partial charge < -0.3 is 4.57 Å². The van der Waals surface area contributed by atoms with E-state index in [1.54, 1.807) is 0 Å². The lowest BCUT2D eigenvalue weighted by atomic mass is 10.1. The van der Waals surface area contributed by atoms with E-state index in [1.807, 2.05) is 0 Å². The number of carbonyl (C=O) groups is 1. The van der Waals surface area contributed by atoms with Gasteiger partial charge in [-0.05, 0) is 18.2 Å². The lowest BCUT2D eigenvalue weighted by molar-refractivity contribution is 0.0798. The molecule has 0 N–H and O–H groups in total. The summed E-state index contributed by atoms with van der Waals surface area (Å²) in [6, 6.07) is 4.29. The monoisotopic (exact) mass is 272 g/mol. The van der Waals surface area contributed by atoms with E-state index in [0.717, 1.165) is 4.57 Å². The van der Waals surface area contributed by atoms with Crippen molar-refractivity contribution in [3.63, 3.8) is 0 Å². The third-order valence-electron chi connectivity index (χ3n) is 2.20. The van der Waals surface area contributed by atoms with Crippen LogP contribution in [0.4, 0.5) is 4.39 Å². The maximum absolute atomic E-state index is 13.8. The molecule has 88 valence electrons. The van der Waals surface area contributed by atoms with Crippen molar-refractivity contribution in [3.8, 4) is 0 Å². The third kappa shape index (κ3) is 2.48. The topological polar surface area (TPSA) is 34.9 Å². The number of benzene rings is 1. The fourth-order valence-corrected chi connectivity index (χ4v) is 1.86. The molecule has 0 saturated heterocycles. The zero-order valence-corrected chi connectivity index (χ0v) is 9.99. The second kappa shape index (κ2) is 4.85. The van der Waals surface area contributed by atoms with E-state index in [1.165, 1.54) is 36.9 Å². The maximum atomic E-state index is 13.8. The number of ketones is 1. The number of rotatable bonds is 3. The number of hydrogen-bond donors (Lipinski definition) is 0. The number of halogens is 3. The van der Waals surface area contributed by atoms with Gasteiger partial charge in [-0.15, -0.1) is 0 Å². The van der Waals surface area contributed by atoms with Crippen LogP contribution in [-0.4, -0.2) is 15.3 Å². The summed E-state index contributed by atoms with van der Waals surface area (Å²) in [7, 11) is 0. The minimum Gasteiger partial charge on any atom is -0.300 e. The molecule has 0 saturated carbocycles. The number of nitrogens with zero attached hydrogens (tertiary/aromatic N) is 2. The van der Waals surface area contributed by atoms with Gasteiger partial charge in [0.05, 0.1) is 11.3 Å². The maximum Gasteiger partial charge on any atom is 0.240 e. The van der Waals surface area contributed by atoms with E-state index in [9.17, 15) is 9.18 Å². The van der Waals surface area contributed by atoms with Crippen molar-refractivity contribution in [2.45, 2.75) is 6.30 Å². The molecule has 0 fully saturated rings. The Hall–Kier alpha value is -1.39. The summed E-state index contributed by atoms with van der Waals surface area (Å²) in [4.78, 5) is 15.5. The standard InChI is InChI=1S/C11H7Cl2FN2O/c12-7-1-2-8(9(13)5-7)10(17)11(14)16-4-3-15-6-16/h1-6,11H. The van der Waals surface area contributed by atoms with Gasteiger partial charge in [0, 0.05) is 23.0 Å². The van der Waals surface area contributed by atoms with Crippen LogP contribution < -0.4 is 0 Å². The lowest BCUT2D eigenvalue weighted by Crippen LogP contribution is -2.14. The fraction of sp³-hybridized carbons (Fsp3) is 0.0909. The average Bonchev–Trinajstić information content (AvgIpc) is 2.80. The molecule has 17 heavy (non-hydrogen) atoms.